The van der Waals surface area contributed by atoms with Gasteiger partial charge in [0.25, 0.3) is 0 Å². The molecule has 0 N–H and O–H groups in total. The number of carbonyl (C=O) groups excluding carboxylic acids is 1. The zero-order chi connectivity index (χ0) is 11.3. The first-order valence-electron chi connectivity index (χ1n) is 4.28. The van der Waals surface area contributed by atoms with Gasteiger partial charge in [0.1, 0.15) is 4.84 Å². The lowest BCUT2D eigenvalue weighted by molar-refractivity contribution is -0.134. The molecular formula is C11H10Cl2O2. The summed E-state index contributed by atoms with van der Waals surface area (Å²) >= 11 is 11.5. The van der Waals surface area contributed by atoms with Gasteiger partial charge in [-0.15, -0.1) is 23.2 Å². The van der Waals surface area contributed by atoms with E-state index in [9.17, 15) is 4.79 Å². The average molecular weight is 245 g/mol. The lowest BCUT2D eigenvalue weighted by atomic mass is 10.1. The molecule has 0 aliphatic carbocycles. The third-order valence-corrected chi connectivity index (χ3v) is 2.29. The number of esters is 1. The van der Waals surface area contributed by atoms with Crippen molar-refractivity contribution < 1.29 is 9.53 Å². The van der Waals surface area contributed by atoms with E-state index in [2.05, 4.69) is 4.74 Å². The van der Waals surface area contributed by atoms with E-state index < -0.39 is 10.8 Å². The van der Waals surface area contributed by atoms with E-state index in [1.807, 2.05) is 30.3 Å². The van der Waals surface area contributed by atoms with Crippen LogP contribution in [0.2, 0.25) is 0 Å². The number of methoxy groups -OCH3 is 1. The fourth-order valence-electron chi connectivity index (χ4n) is 1.09. The quantitative estimate of drug-likeness (QED) is 0.464. The van der Waals surface area contributed by atoms with Crippen LogP contribution in [0.15, 0.2) is 36.4 Å². The van der Waals surface area contributed by atoms with Crippen LogP contribution in [0.1, 0.15) is 5.56 Å². The topological polar surface area (TPSA) is 26.3 Å². The molecule has 4 heteroatoms. The monoisotopic (exact) mass is 244 g/mol. The normalized spacial score (nSPS) is 11.6. The maximum absolute atomic E-state index is 11.1. The van der Waals surface area contributed by atoms with Crippen LogP contribution in [0.3, 0.4) is 0 Å². The molecule has 0 radical (unpaired) electrons. The van der Waals surface area contributed by atoms with E-state index in [1.54, 1.807) is 0 Å². The largest absolute Gasteiger partial charge is 0.466 e. The summed E-state index contributed by atoms with van der Waals surface area (Å²) in [6.07, 6.45) is 1.29. The van der Waals surface area contributed by atoms with Gasteiger partial charge in [-0.2, -0.15) is 0 Å². The van der Waals surface area contributed by atoms with Crippen molar-refractivity contribution in [3.05, 3.63) is 42.0 Å². The highest BCUT2D eigenvalue weighted by atomic mass is 35.5. The molecule has 0 aromatic heterocycles. The summed E-state index contributed by atoms with van der Waals surface area (Å²) < 4.78 is 4.52. The van der Waals surface area contributed by atoms with Crippen molar-refractivity contribution in [2.75, 3.05) is 7.11 Å². The molecule has 80 valence electrons. The first-order valence-corrected chi connectivity index (χ1v) is 5.15. The number of carbonyl (C=O) groups is 1. The minimum absolute atomic E-state index is 0.472. The zero-order valence-corrected chi connectivity index (χ0v) is 9.63. The van der Waals surface area contributed by atoms with E-state index in [4.69, 9.17) is 23.2 Å². The van der Waals surface area contributed by atoms with Crippen molar-refractivity contribution in [3.63, 3.8) is 0 Å². The number of alkyl halides is 2. The van der Waals surface area contributed by atoms with Crippen molar-refractivity contribution in [1.82, 2.24) is 0 Å². The molecule has 0 fully saturated rings. The van der Waals surface area contributed by atoms with Gasteiger partial charge in [0.05, 0.1) is 7.11 Å². The van der Waals surface area contributed by atoms with E-state index in [-0.39, 0.29) is 0 Å². The molecule has 0 saturated heterocycles. The second-order valence-corrected chi connectivity index (χ2v) is 3.89. The Balaban J connectivity index is 3.04. The molecule has 0 saturated carbocycles. The van der Waals surface area contributed by atoms with Gasteiger partial charge in [-0.1, -0.05) is 30.3 Å². The van der Waals surface area contributed by atoms with E-state index >= 15 is 0 Å². The lowest BCUT2D eigenvalue weighted by Gasteiger charge is -2.07. The molecular weight excluding hydrogens is 235 g/mol. The summed E-state index contributed by atoms with van der Waals surface area (Å²) in [5.74, 6) is -0.472. The lowest BCUT2D eigenvalue weighted by Crippen LogP contribution is -2.01. The van der Waals surface area contributed by atoms with Crippen LogP contribution in [0.5, 0.6) is 0 Å². The van der Waals surface area contributed by atoms with Gasteiger partial charge in [-0.25, -0.2) is 4.79 Å². The van der Waals surface area contributed by atoms with Gasteiger partial charge >= 0.3 is 5.97 Å². The number of benzene rings is 1. The average Bonchev–Trinajstić information content (AvgIpc) is 2.26. The number of rotatable bonds is 3. The van der Waals surface area contributed by atoms with Gasteiger partial charge in [0, 0.05) is 6.08 Å². The number of hydrogen-bond donors (Lipinski definition) is 0. The van der Waals surface area contributed by atoms with Gasteiger partial charge in [-0.05, 0) is 11.1 Å². The SMILES string of the molecule is COC(=O)/C=C(\c1ccccc1)C(Cl)Cl. The summed E-state index contributed by atoms with van der Waals surface area (Å²) in [6, 6.07) is 9.21. The maximum Gasteiger partial charge on any atom is 0.330 e. The zero-order valence-electron chi connectivity index (χ0n) is 8.11. The molecule has 0 bridgehead atoms. The molecule has 15 heavy (non-hydrogen) atoms. The Morgan fingerprint density at radius 2 is 1.93 bits per heavy atom. The van der Waals surface area contributed by atoms with Gasteiger partial charge in [0.15, 0.2) is 0 Å². The Morgan fingerprint density at radius 3 is 2.40 bits per heavy atom. The summed E-state index contributed by atoms with van der Waals surface area (Å²) in [5.41, 5.74) is 1.34. The van der Waals surface area contributed by atoms with Crippen LogP contribution in [-0.2, 0) is 9.53 Å². The molecule has 0 heterocycles. The Labute approximate surface area is 98.4 Å². The first kappa shape index (κ1) is 12.1. The van der Waals surface area contributed by atoms with Crippen molar-refractivity contribution >= 4 is 34.7 Å². The third kappa shape index (κ3) is 3.57. The van der Waals surface area contributed by atoms with E-state index in [1.165, 1.54) is 13.2 Å². The van der Waals surface area contributed by atoms with Gasteiger partial charge in [-0.3, -0.25) is 0 Å². The predicted molar refractivity (Wildman–Crippen MR) is 61.9 cm³/mol. The first-order chi connectivity index (χ1) is 7.15. The number of allylic oxidation sites excluding steroid dienone is 1. The molecule has 0 spiro atoms. The highest BCUT2D eigenvalue weighted by Crippen LogP contribution is 2.25. The fourth-order valence-corrected chi connectivity index (χ4v) is 1.47. The molecule has 0 aliphatic rings. The van der Waals surface area contributed by atoms with Crippen LogP contribution in [0.25, 0.3) is 5.57 Å². The van der Waals surface area contributed by atoms with Crippen LogP contribution in [0, 0.1) is 0 Å². The second kappa shape index (κ2) is 5.79. The van der Waals surface area contributed by atoms with Gasteiger partial charge in [0.2, 0.25) is 0 Å². The summed E-state index contributed by atoms with van der Waals surface area (Å²) in [5, 5.41) is 0. The maximum atomic E-state index is 11.1. The Morgan fingerprint density at radius 1 is 1.33 bits per heavy atom. The van der Waals surface area contributed by atoms with E-state index in [0.29, 0.717) is 5.57 Å². The molecule has 1 aromatic rings. The Hall–Kier alpha value is -0.990. The van der Waals surface area contributed by atoms with Crippen LogP contribution < -0.4 is 0 Å². The number of hydrogen-bond acceptors (Lipinski definition) is 2. The molecule has 1 rings (SSSR count). The molecule has 0 unspecified atom stereocenters. The summed E-state index contributed by atoms with van der Waals surface area (Å²) in [4.78, 5) is 10.3. The summed E-state index contributed by atoms with van der Waals surface area (Å²) in [6.45, 7) is 0. The molecule has 2 nitrogen and oxygen atoms in total. The van der Waals surface area contributed by atoms with Crippen LogP contribution >= 0.6 is 23.2 Å². The van der Waals surface area contributed by atoms with Crippen LogP contribution in [0.4, 0.5) is 0 Å². The second-order valence-electron chi connectivity index (χ2n) is 2.79. The standard InChI is InChI=1S/C11H10Cl2O2/c1-15-10(14)7-9(11(12)13)8-5-3-2-4-6-8/h2-7,11H,1H3/b9-7+. The smallest absolute Gasteiger partial charge is 0.330 e. The van der Waals surface area contributed by atoms with Crippen molar-refractivity contribution in [2.24, 2.45) is 0 Å². The fraction of sp³-hybridized carbons (Fsp3) is 0.182. The number of ether oxygens (including phenoxy) is 1. The predicted octanol–water partition coefficient (Wildman–Crippen LogP) is 3.05. The Bertz CT molecular complexity index is 358. The molecule has 0 amide bonds. The van der Waals surface area contributed by atoms with Crippen LogP contribution in [-0.4, -0.2) is 17.9 Å². The number of halogens is 2. The van der Waals surface area contributed by atoms with E-state index in [0.717, 1.165) is 5.56 Å². The van der Waals surface area contributed by atoms with Crippen molar-refractivity contribution in [3.8, 4) is 0 Å². The Kier molecular flexibility index (Phi) is 4.66. The molecule has 0 atom stereocenters. The minimum atomic E-state index is -0.758. The minimum Gasteiger partial charge on any atom is -0.466 e. The van der Waals surface area contributed by atoms with Crippen molar-refractivity contribution in [2.45, 2.75) is 4.84 Å². The highest BCUT2D eigenvalue weighted by molar-refractivity contribution is 6.50. The molecule has 1 aromatic carbocycles. The van der Waals surface area contributed by atoms with Gasteiger partial charge < -0.3 is 4.74 Å². The highest BCUT2D eigenvalue weighted by Gasteiger charge is 2.11. The molecule has 0 aliphatic heterocycles. The third-order valence-electron chi connectivity index (χ3n) is 1.82. The summed E-state index contributed by atoms with van der Waals surface area (Å²) in [7, 11) is 1.30. The van der Waals surface area contributed by atoms with Crippen molar-refractivity contribution in [1.29, 1.82) is 0 Å².